The molecule has 0 unspecified atom stereocenters. The van der Waals surface area contributed by atoms with Gasteiger partial charge in [0.2, 0.25) is 5.88 Å². The number of halogens is 3. The van der Waals surface area contributed by atoms with Gasteiger partial charge in [-0.05, 0) is 30.3 Å². The van der Waals surface area contributed by atoms with Crippen LogP contribution in [0.2, 0.25) is 0 Å². The van der Waals surface area contributed by atoms with Crippen LogP contribution in [0.15, 0.2) is 42.6 Å². The van der Waals surface area contributed by atoms with Crippen LogP contribution < -0.4 is 9.47 Å². The molecule has 0 amide bonds. The molecule has 9 heteroatoms. The first-order chi connectivity index (χ1) is 11.9. The van der Waals surface area contributed by atoms with Crippen LogP contribution in [0.1, 0.15) is 5.69 Å². The summed E-state index contributed by atoms with van der Waals surface area (Å²) in [6.45, 7) is 0. The summed E-state index contributed by atoms with van der Waals surface area (Å²) in [7, 11) is 2.96. The summed E-state index contributed by atoms with van der Waals surface area (Å²) in [5.74, 6) is 0.854. The minimum Gasteiger partial charge on any atom is -0.497 e. The number of nitrogens with zero attached hydrogens (tertiary/aromatic N) is 4. The summed E-state index contributed by atoms with van der Waals surface area (Å²) >= 11 is 0. The Hall–Kier alpha value is -3.10. The summed E-state index contributed by atoms with van der Waals surface area (Å²) in [6.07, 6.45) is -3.39. The second-order valence-electron chi connectivity index (χ2n) is 4.97. The van der Waals surface area contributed by atoms with E-state index < -0.39 is 11.9 Å². The van der Waals surface area contributed by atoms with Crippen molar-refractivity contribution in [1.29, 1.82) is 0 Å². The van der Waals surface area contributed by atoms with Crippen molar-refractivity contribution in [3.63, 3.8) is 0 Å². The maximum Gasteiger partial charge on any atom is 0.435 e. The van der Waals surface area contributed by atoms with Gasteiger partial charge in [-0.15, -0.1) is 0 Å². The maximum absolute atomic E-state index is 12.7. The first kappa shape index (κ1) is 16.7. The molecule has 0 aliphatic rings. The molecule has 2 heterocycles. The molecule has 0 saturated carbocycles. The fraction of sp³-hybridized carbons (Fsp3) is 0.188. The highest BCUT2D eigenvalue weighted by atomic mass is 19.4. The molecule has 0 aliphatic carbocycles. The van der Waals surface area contributed by atoms with Crippen molar-refractivity contribution < 1.29 is 22.6 Å². The molecule has 0 aliphatic heterocycles. The highest BCUT2D eigenvalue weighted by Gasteiger charge is 2.33. The molecule has 0 bridgehead atoms. The summed E-state index contributed by atoms with van der Waals surface area (Å²) in [6, 6.07) is 9.48. The zero-order chi connectivity index (χ0) is 18.0. The Balaban J connectivity index is 2.04. The van der Waals surface area contributed by atoms with Gasteiger partial charge < -0.3 is 9.47 Å². The van der Waals surface area contributed by atoms with E-state index in [4.69, 9.17) is 9.47 Å². The molecule has 0 radical (unpaired) electrons. The van der Waals surface area contributed by atoms with Crippen LogP contribution in [0.4, 0.5) is 13.2 Å². The quantitative estimate of drug-likeness (QED) is 0.722. The summed E-state index contributed by atoms with van der Waals surface area (Å²) in [5.41, 5.74) is 0.185. The molecule has 3 aromatic rings. The molecule has 1 aromatic carbocycles. The number of alkyl halides is 3. The van der Waals surface area contributed by atoms with Crippen LogP contribution in [-0.2, 0) is 6.18 Å². The Morgan fingerprint density at radius 2 is 1.68 bits per heavy atom. The van der Waals surface area contributed by atoms with Gasteiger partial charge in [0, 0.05) is 17.8 Å². The van der Waals surface area contributed by atoms with E-state index in [1.54, 1.807) is 37.4 Å². The van der Waals surface area contributed by atoms with Gasteiger partial charge in [0.25, 0.3) is 5.95 Å². The molecule has 0 N–H and O–H groups in total. The highest BCUT2D eigenvalue weighted by Crippen LogP contribution is 2.28. The van der Waals surface area contributed by atoms with Crippen molar-refractivity contribution in [3.05, 3.63) is 48.3 Å². The van der Waals surface area contributed by atoms with Crippen LogP contribution in [0, 0.1) is 0 Å². The zero-order valence-corrected chi connectivity index (χ0v) is 13.3. The lowest BCUT2D eigenvalue weighted by atomic mass is 10.1. The zero-order valence-electron chi connectivity index (χ0n) is 13.3. The minimum absolute atomic E-state index is 0.0272. The predicted octanol–water partition coefficient (Wildman–Crippen LogP) is 3.37. The van der Waals surface area contributed by atoms with Gasteiger partial charge in [-0.3, -0.25) is 0 Å². The van der Waals surface area contributed by atoms with Crippen LogP contribution in [0.3, 0.4) is 0 Å². The van der Waals surface area contributed by atoms with E-state index in [9.17, 15) is 13.2 Å². The average Bonchev–Trinajstić information content (AvgIpc) is 3.12. The molecule has 3 rings (SSSR count). The lowest BCUT2D eigenvalue weighted by Crippen LogP contribution is -2.09. The summed E-state index contributed by atoms with van der Waals surface area (Å²) in [4.78, 5) is 8.33. The van der Waals surface area contributed by atoms with Gasteiger partial charge in [0.1, 0.15) is 5.75 Å². The molecule has 6 nitrogen and oxygen atoms in total. The predicted molar refractivity (Wildman–Crippen MR) is 82.7 cm³/mol. The fourth-order valence-electron chi connectivity index (χ4n) is 2.12. The van der Waals surface area contributed by atoms with Crippen LogP contribution in [0.5, 0.6) is 11.6 Å². The highest BCUT2D eigenvalue weighted by molar-refractivity contribution is 5.61. The van der Waals surface area contributed by atoms with E-state index in [0.29, 0.717) is 11.4 Å². The van der Waals surface area contributed by atoms with Gasteiger partial charge in [-0.25, -0.2) is 9.67 Å². The van der Waals surface area contributed by atoms with Crippen molar-refractivity contribution in [2.24, 2.45) is 0 Å². The molecule has 0 spiro atoms. The molecule has 0 atom stereocenters. The number of hydrogen-bond acceptors (Lipinski definition) is 5. The average molecular weight is 350 g/mol. The van der Waals surface area contributed by atoms with Gasteiger partial charge in [-0.2, -0.15) is 23.3 Å². The summed E-state index contributed by atoms with van der Waals surface area (Å²) in [5, 5.41) is 3.48. The molecule has 130 valence electrons. The molecular weight excluding hydrogens is 337 g/mol. The standard InChI is InChI=1S/C16H13F3N4O2/c1-24-11-5-3-10(4-6-11)12-9-14(25-2)21-15(20-12)23-8-7-13(22-23)16(17,18)19/h3-9H,1-2H3. The first-order valence-corrected chi connectivity index (χ1v) is 7.11. The number of rotatable bonds is 4. The number of ether oxygens (including phenoxy) is 2. The number of methoxy groups -OCH3 is 2. The lowest BCUT2D eigenvalue weighted by molar-refractivity contribution is -0.141. The molecule has 25 heavy (non-hydrogen) atoms. The van der Waals surface area contributed by atoms with Crippen molar-refractivity contribution in [1.82, 2.24) is 19.7 Å². The van der Waals surface area contributed by atoms with E-state index in [0.717, 1.165) is 22.5 Å². The van der Waals surface area contributed by atoms with E-state index in [-0.39, 0.29) is 11.8 Å². The second kappa shape index (κ2) is 6.42. The Morgan fingerprint density at radius 1 is 0.960 bits per heavy atom. The Kier molecular flexibility index (Phi) is 4.30. The normalized spacial score (nSPS) is 11.4. The number of hydrogen-bond donors (Lipinski definition) is 0. The van der Waals surface area contributed by atoms with Crippen LogP contribution in [-0.4, -0.2) is 34.0 Å². The monoisotopic (exact) mass is 350 g/mol. The van der Waals surface area contributed by atoms with Crippen LogP contribution >= 0.6 is 0 Å². The van der Waals surface area contributed by atoms with E-state index >= 15 is 0 Å². The van der Waals surface area contributed by atoms with Crippen molar-refractivity contribution >= 4 is 0 Å². The second-order valence-corrected chi connectivity index (χ2v) is 4.97. The van der Waals surface area contributed by atoms with Gasteiger partial charge in [0.05, 0.1) is 19.9 Å². The fourth-order valence-corrected chi connectivity index (χ4v) is 2.12. The van der Waals surface area contributed by atoms with E-state index in [1.165, 1.54) is 7.11 Å². The third-order valence-corrected chi connectivity index (χ3v) is 3.37. The third kappa shape index (κ3) is 3.54. The lowest BCUT2D eigenvalue weighted by Gasteiger charge is -2.08. The van der Waals surface area contributed by atoms with E-state index in [2.05, 4.69) is 15.1 Å². The molecule has 0 fully saturated rings. The minimum atomic E-state index is -4.54. The molecule has 2 aromatic heterocycles. The van der Waals surface area contributed by atoms with Gasteiger partial charge >= 0.3 is 6.18 Å². The van der Waals surface area contributed by atoms with Gasteiger partial charge in [-0.1, -0.05) is 0 Å². The smallest absolute Gasteiger partial charge is 0.435 e. The van der Waals surface area contributed by atoms with Crippen molar-refractivity contribution in [3.8, 4) is 28.8 Å². The van der Waals surface area contributed by atoms with Crippen molar-refractivity contribution in [2.45, 2.75) is 6.18 Å². The number of benzene rings is 1. The SMILES string of the molecule is COc1ccc(-c2cc(OC)nc(-n3ccc(C(F)(F)F)n3)n2)cc1. The molecular formula is C16H13F3N4O2. The maximum atomic E-state index is 12.7. The Labute approximate surface area is 140 Å². The largest absolute Gasteiger partial charge is 0.497 e. The van der Waals surface area contributed by atoms with Crippen molar-refractivity contribution in [2.75, 3.05) is 14.2 Å². The molecule has 0 saturated heterocycles. The Bertz CT molecular complexity index is 876. The topological polar surface area (TPSA) is 62.1 Å². The van der Waals surface area contributed by atoms with Crippen LogP contribution in [0.25, 0.3) is 17.2 Å². The number of aromatic nitrogens is 4. The van der Waals surface area contributed by atoms with E-state index in [1.807, 2.05) is 0 Å². The van der Waals surface area contributed by atoms with Gasteiger partial charge in [0.15, 0.2) is 5.69 Å². The third-order valence-electron chi connectivity index (χ3n) is 3.37. The summed E-state index contributed by atoms with van der Waals surface area (Å²) < 4.78 is 49.3. The Morgan fingerprint density at radius 3 is 2.24 bits per heavy atom. The first-order valence-electron chi connectivity index (χ1n) is 7.11.